The minimum atomic E-state index is -0.00353. The summed E-state index contributed by atoms with van der Waals surface area (Å²) in [7, 11) is 1.75. The number of halogens is 1. The number of anilines is 1. The summed E-state index contributed by atoms with van der Waals surface area (Å²) in [5.74, 6) is 0.732. The number of hydrogen-bond acceptors (Lipinski definition) is 5. The molecule has 0 aliphatic heterocycles. The molecule has 0 saturated heterocycles. The molecule has 2 atom stereocenters. The summed E-state index contributed by atoms with van der Waals surface area (Å²) in [5, 5.41) is 12.2. The highest BCUT2D eigenvalue weighted by atomic mass is 79.9. The van der Waals surface area contributed by atoms with Gasteiger partial charge in [0.25, 0.3) is 0 Å². The van der Waals surface area contributed by atoms with E-state index in [9.17, 15) is 0 Å². The molecule has 1 aromatic heterocycles. The van der Waals surface area contributed by atoms with Gasteiger partial charge in [0.2, 0.25) is 0 Å². The second kappa shape index (κ2) is 5.06. The lowest BCUT2D eigenvalue weighted by Crippen LogP contribution is -2.51. The monoisotopic (exact) mass is 351 g/mol. The highest BCUT2D eigenvalue weighted by molar-refractivity contribution is 9.10. The molecule has 1 aromatic carbocycles. The van der Waals surface area contributed by atoms with E-state index in [4.69, 9.17) is 10.5 Å². The second-order valence-corrected chi connectivity index (χ2v) is 6.93. The number of nitrogen functional groups attached to an aromatic ring is 1. The summed E-state index contributed by atoms with van der Waals surface area (Å²) >= 11 is 3.46. The fraction of sp³-hybridized carbons (Fsp3) is 0.500. The van der Waals surface area contributed by atoms with Gasteiger partial charge in [0, 0.05) is 28.2 Å². The van der Waals surface area contributed by atoms with Crippen molar-refractivity contribution in [2.75, 3.05) is 12.8 Å². The minimum absolute atomic E-state index is 0.00353. The van der Waals surface area contributed by atoms with Gasteiger partial charge in [-0.2, -0.15) is 0 Å². The van der Waals surface area contributed by atoms with E-state index >= 15 is 0 Å². The fourth-order valence-electron chi connectivity index (χ4n) is 3.01. The Bertz CT molecular complexity index is 649. The molecule has 0 radical (unpaired) electrons. The summed E-state index contributed by atoms with van der Waals surface area (Å²) < 4.78 is 8.30. The van der Waals surface area contributed by atoms with Crippen molar-refractivity contribution in [1.29, 1.82) is 0 Å². The van der Waals surface area contributed by atoms with Crippen LogP contribution in [-0.2, 0) is 4.74 Å². The number of hydrogen-bond donors (Lipinski definition) is 1. The van der Waals surface area contributed by atoms with Crippen LogP contribution in [0.25, 0.3) is 11.4 Å². The maximum Gasteiger partial charge on any atom is 0.182 e. The predicted molar refractivity (Wildman–Crippen MR) is 83.6 cm³/mol. The van der Waals surface area contributed by atoms with Crippen LogP contribution in [0.15, 0.2) is 22.7 Å². The first-order valence-electron chi connectivity index (χ1n) is 6.80. The van der Waals surface area contributed by atoms with Gasteiger partial charge in [-0.3, -0.25) is 0 Å². The Morgan fingerprint density at radius 2 is 2.14 bits per heavy atom. The van der Waals surface area contributed by atoms with Gasteiger partial charge in [-0.15, -0.1) is 5.10 Å². The van der Waals surface area contributed by atoms with Gasteiger partial charge in [0.05, 0.1) is 12.1 Å². The van der Waals surface area contributed by atoms with Crippen LogP contribution >= 0.6 is 15.9 Å². The van der Waals surface area contributed by atoms with Crippen molar-refractivity contribution in [2.45, 2.75) is 32.4 Å². The van der Waals surface area contributed by atoms with Gasteiger partial charge < -0.3 is 10.5 Å². The number of aromatic nitrogens is 4. The van der Waals surface area contributed by atoms with Crippen molar-refractivity contribution in [2.24, 2.45) is 5.41 Å². The van der Waals surface area contributed by atoms with Crippen molar-refractivity contribution >= 4 is 21.6 Å². The zero-order valence-electron chi connectivity index (χ0n) is 12.2. The Kier molecular flexibility index (Phi) is 3.49. The lowest BCUT2D eigenvalue weighted by Gasteiger charge is -2.50. The molecule has 21 heavy (non-hydrogen) atoms. The molecular formula is C14H18BrN5O. The number of methoxy groups -OCH3 is 1. The third kappa shape index (κ3) is 2.34. The maximum atomic E-state index is 5.91. The Morgan fingerprint density at radius 1 is 1.38 bits per heavy atom. The summed E-state index contributed by atoms with van der Waals surface area (Å²) in [6.07, 6.45) is 1.14. The normalized spacial score (nSPS) is 23.8. The molecular weight excluding hydrogens is 334 g/mol. The number of nitrogens with two attached hydrogens (primary N) is 1. The highest BCUT2D eigenvalue weighted by Crippen LogP contribution is 2.51. The molecule has 2 aromatic rings. The van der Waals surface area contributed by atoms with Gasteiger partial charge in [-0.1, -0.05) is 29.8 Å². The summed E-state index contributed by atoms with van der Waals surface area (Å²) in [6, 6.07) is 5.92. The Labute approximate surface area is 131 Å². The average molecular weight is 352 g/mol. The lowest BCUT2D eigenvalue weighted by molar-refractivity contribution is -0.116. The summed E-state index contributed by atoms with van der Waals surface area (Å²) in [4.78, 5) is 0. The number of tetrazole rings is 1. The summed E-state index contributed by atoms with van der Waals surface area (Å²) in [5.41, 5.74) is 7.49. The third-order valence-electron chi connectivity index (χ3n) is 4.38. The Morgan fingerprint density at radius 3 is 2.76 bits per heavy atom. The van der Waals surface area contributed by atoms with Gasteiger partial charge in [-0.25, -0.2) is 4.68 Å². The largest absolute Gasteiger partial charge is 0.399 e. The maximum absolute atomic E-state index is 5.91. The molecule has 3 rings (SSSR count). The van der Waals surface area contributed by atoms with Crippen molar-refractivity contribution in [3.05, 3.63) is 22.7 Å². The zero-order valence-corrected chi connectivity index (χ0v) is 13.8. The van der Waals surface area contributed by atoms with Crippen LogP contribution in [0.1, 0.15) is 26.3 Å². The van der Waals surface area contributed by atoms with Crippen molar-refractivity contribution in [3.8, 4) is 11.4 Å². The van der Waals surface area contributed by atoms with Gasteiger partial charge in [-0.05, 0) is 35.0 Å². The number of nitrogens with zero attached hydrogens (tertiary/aromatic N) is 4. The number of rotatable bonds is 3. The van der Waals surface area contributed by atoms with E-state index in [1.54, 1.807) is 7.11 Å². The second-order valence-electron chi connectivity index (χ2n) is 6.02. The molecule has 1 heterocycles. The Hall–Kier alpha value is -1.47. The van der Waals surface area contributed by atoms with Crippen molar-refractivity contribution in [1.82, 2.24) is 20.2 Å². The van der Waals surface area contributed by atoms with E-state index in [-0.39, 0.29) is 17.6 Å². The molecule has 0 bridgehead atoms. The molecule has 1 aliphatic carbocycles. The van der Waals surface area contributed by atoms with E-state index in [0.29, 0.717) is 5.69 Å². The first-order chi connectivity index (χ1) is 9.93. The third-order valence-corrected chi connectivity index (χ3v) is 4.83. The molecule has 0 amide bonds. The van der Waals surface area contributed by atoms with E-state index in [0.717, 1.165) is 22.3 Å². The molecule has 0 spiro atoms. The first kappa shape index (κ1) is 14.5. The standard InChI is InChI=1S/C14H18BrN5O/c1-14(2)11(7-12(14)21-3)20-13(17-18-19-20)8-4-9(15)6-10(16)5-8/h4-6,11-12H,7,16H2,1-3H3. The predicted octanol–water partition coefficient (Wildman–Crippen LogP) is 2.67. The Balaban J connectivity index is 1.99. The SMILES string of the molecule is COC1CC(n2nnnc2-c2cc(N)cc(Br)c2)C1(C)C. The van der Waals surface area contributed by atoms with E-state index < -0.39 is 0 Å². The highest BCUT2D eigenvalue weighted by Gasteiger charge is 2.51. The van der Waals surface area contributed by atoms with Crippen molar-refractivity contribution < 1.29 is 4.74 Å². The first-order valence-corrected chi connectivity index (χ1v) is 7.60. The van der Waals surface area contributed by atoms with E-state index in [2.05, 4.69) is 45.3 Å². The lowest BCUT2D eigenvalue weighted by atomic mass is 9.64. The van der Waals surface area contributed by atoms with E-state index in [1.165, 1.54) is 0 Å². The van der Waals surface area contributed by atoms with Crippen LogP contribution in [-0.4, -0.2) is 33.4 Å². The van der Waals surface area contributed by atoms with Crippen LogP contribution in [0.3, 0.4) is 0 Å². The zero-order chi connectivity index (χ0) is 15.2. The topological polar surface area (TPSA) is 78.8 Å². The number of benzene rings is 1. The number of ether oxygens (including phenoxy) is 1. The minimum Gasteiger partial charge on any atom is -0.399 e. The molecule has 1 aliphatic rings. The van der Waals surface area contributed by atoms with Crippen LogP contribution in [0.5, 0.6) is 0 Å². The molecule has 112 valence electrons. The van der Waals surface area contributed by atoms with Crippen LogP contribution in [0.2, 0.25) is 0 Å². The van der Waals surface area contributed by atoms with Gasteiger partial charge in [0.1, 0.15) is 0 Å². The molecule has 2 unspecified atom stereocenters. The molecule has 6 nitrogen and oxygen atoms in total. The van der Waals surface area contributed by atoms with Gasteiger partial charge in [0.15, 0.2) is 5.82 Å². The molecule has 1 saturated carbocycles. The average Bonchev–Trinajstić information content (AvgIpc) is 2.85. The van der Waals surface area contributed by atoms with E-state index in [1.807, 2.05) is 22.9 Å². The fourth-order valence-corrected chi connectivity index (χ4v) is 3.53. The molecule has 1 fully saturated rings. The van der Waals surface area contributed by atoms with Crippen molar-refractivity contribution in [3.63, 3.8) is 0 Å². The van der Waals surface area contributed by atoms with Crippen LogP contribution in [0, 0.1) is 5.41 Å². The molecule has 7 heteroatoms. The quantitative estimate of drug-likeness (QED) is 0.860. The van der Waals surface area contributed by atoms with Crippen LogP contribution in [0.4, 0.5) is 5.69 Å². The molecule has 2 N–H and O–H groups in total. The smallest absolute Gasteiger partial charge is 0.182 e. The van der Waals surface area contributed by atoms with Gasteiger partial charge >= 0.3 is 0 Å². The summed E-state index contributed by atoms with van der Waals surface area (Å²) in [6.45, 7) is 4.35. The van der Waals surface area contributed by atoms with Crippen LogP contribution < -0.4 is 5.73 Å².